The first kappa shape index (κ1) is 13.4. The minimum Gasteiger partial charge on any atom is -0.395 e. The largest absolute Gasteiger partial charge is 0.395 e. The van der Waals surface area contributed by atoms with E-state index in [1.807, 2.05) is 19.1 Å². The number of anilines is 1. The summed E-state index contributed by atoms with van der Waals surface area (Å²) in [5, 5.41) is 18.9. The van der Waals surface area contributed by atoms with Crippen molar-refractivity contribution in [3.05, 3.63) is 29.8 Å². The molecule has 100 valence electrons. The van der Waals surface area contributed by atoms with Crippen LogP contribution in [0.3, 0.4) is 0 Å². The van der Waals surface area contributed by atoms with E-state index in [-0.39, 0.29) is 12.7 Å². The van der Waals surface area contributed by atoms with E-state index in [0.717, 1.165) is 17.7 Å². The van der Waals surface area contributed by atoms with E-state index in [2.05, 4.69) is 17.0 Å². The van der Waals surface area contributed by atoms with Gasteiger partial charge in [-0.05, 0) is 43.4 Å². The molecule has 3 nitrogen and oxygen atoms in total. The van der Waals surface area contributed by atoms with Gasteiger partial charge in [-0.1, -0.05) is 19.1 Å². The number of hydrogen-bond acceptors (Lipinski definition) is 3. The summed E-state index contributed by atoms with van der Waals surface area (Å²) >= 11 is 0. The molecule has 2 rings (SSSR count). The standard InChI is InChI=1S/C15H23NO2/c1-2-15(18)12-6-8-14(9-7-12)16(10-11-17)13-4-3-5-13/h6-9,13,15,17-18H,2-5,10-11H2,1H3/t15-/m1/s1. The van der Waals surface area contributed by atoms with Gasteiger partial charge >= 0.3 is 0 Å². The number of hydrogen-bond donors (Lipinski definition) is 2. The van der Waals surface area contributed by atoms with Crippen LogP contribution in [-0.4, -0.2) is 29.4 Å². The van der Waals surface area contributed by atoms with E-state index in [9.17, 15) is 5.11 Å². The third kappa shape index (κ3) is 2.85. The van der Waals surface area contributed by atoms with Crippen molar-refractivity contribution in [2.24, 2.45) is 0 Å². The fraction of sp³-hybridized carbons (Fsp3) is 0.600. The van der Waals surface area contributed by atoms with Gasteiger partial charge in [0.25, 0.3) is 0 Å². The van der Waals surface area contributed by atoms with Crippen LogP contribution in [0.4, 0.5) is 5.69 Å². The van der Waals surface area contributed by atoms with Crippen molar-refractivity contribution in [2.75, 3.05) is 18.1 Å². The molecule has 3 heteroatoms. The lowest BCUT2D eigenvalue weighted by Crippen LogP contribution is -2.41. The zero-order valence-corrected chi connectivity index (χ0v) is 11.0. The predicted octanol–water partition coefficient (Wildman–Crippen LogP) is 2.48. The molecule has 0 heterocycles. The molecule has 0 bridgehead atoms. The Bertz CT molecular complexity index is 359. The van der Waals surface area contributed by atoms with E-state index in [1.165, 1.54) is 19.3 Å². The monoisotopic (exact) mass is 249 g/mol. The second kappa shape index (κ2) is 6.21. The van der Waals surface area contributed by atoms with Gasteiger partial charge in [-0.2, -0.15) is 0 Å². The molecule has 1 fully saturated rings. The summed E-state index contributed by atoms with van der Waals surface area (Å²) in [4.78, 5) is 2.28. The molecule has 0 spiro atoms. The first-order valence-corrected chi connectivity index (χ1v) is 6.91. The summed E-state index contributed by atoms with van der Waals surface area (Å²) in [6, 6.07) is 8.68. The third-order valence-corrected chi connectivity index (χ3v) is 3.85. The predicted molar refractivity (Wildman–Crippen MR) is 73.8 cm³/mol. The molecule has 1 atom stereocenters. The molecule has 0 aromatic heterocycles. The molecule has 0 saturated heterocycles. The highest BCUT2D eigenvalue weighted by Gasteiger charge is 2.24. The van der Waals surface area contributed by atoms with Crippen LogP contribution in [-0.2, 0) is 0 Å². The van der Waals surface area contributed by atoms with Gasteiger partial charge in [0.05, 0.1) is 12.7 Å². The maximum absolute atomic E-state index is 9.78. The second-order valence-corrected chi connectivity index (χ2v) is 5.02. The number of aliphatic hydroxyl groups is 2. The highest BCUT2D eigenvalue weighted by molar-refractivity contribution is 5.49. The van der Waals surface area contributed by atoms with Crippen molar-refractivity contribution in [1.29, 1.82) is 0 Å². The Kier molecular flexibility index (Phi) is 4.61. The van der Waals surface area contributed by atoms with Crippen LogP contribution < -0.4 is 4.90 Å². The minimum absolute atomic E-state index is 0.190. The lowest BCUT2D eigenvalue weighted by atomic mass is 9.91. The van der Waals surface area contributed by atoms with Gasteiger partial charge in [-0.25, -0.2) is 0 Å². The van der Waals surface area contributed by atoms with E-state index >= 15 is 0 Å². The molecule has 1 aliphatic carbocycles. The van der Waals surface area contributed by atoms with E-state index < -0.39 is 0 Å². The molecule has 18 heavy (non-hydrogen) atoms. The number of benzene rings is 1. The smallest absolute Gasteiger partial charge is 0.0787 e. The molecule has 0 unspecified atom stereocenters. The Hall–Kier alpha value is -1.06. The fourth-order valence-electron chi connectivity index (χ4n) is 2.45. The summed E-state index contributed by atoms with van der Waals surface area (Å²) in [5.41, 5.74) is 2.12. The van der Waals surface area contributed by atoms with Crippen LogP contribution in [0.1, 0.15) is 44.3 Å². The van der Waals surface area contributed by atoms with Gasteiger partial charge < -0.3 is 15.1 Å². The molecule has 1 aromatic rings. The summed E-state index contributed by atoms with van der Waals surface area (Å²) in [6.07, 6.45) is 4.11. The number of aliphatic hydroxyl groups excluding tert-OH is 2. The normalized spacial score (nSPS) is 17.3. The topological polar surface area (TPSA) is 43.7 Å². The van der Waals surface area contributed by atoms with Gasteiger partial charge in [-0.3, -0.25) is 0 Å². The number of nitrogens with zero attached hydrogens (tertiary/aromatic N) is 1. The van der Waals surface area contributed by atoms with E-state index in [4.69, 9.17) is 5.11 Å². The molecular formula is C15H23NO2. The Labute approximate surface area is 109 Å². The molecule has 2 N–H and O–H groups in total. The highest BCUT2D eigenvalue weighted by atomic mass is 16.3. The lowest BCUT2D eigenvalue weighted by molar-refractivity contribution is 0.173. The molecular weight excluding hydrogens is 226 g/mol. The quantitative estimate of drug-likeness (QED) is 0.814. The maximum atomic E-state index is 9.78. The average molecular weight is 249 g/mol. The van der Waals surface area contributed by atoms with Crippen molar-refractivity contribution in [1.82, 2.24) is 0 Å². The van der Waals surface area contributed by atoms with Gasteiger partial charge in [0.1, 0.15) is 0 Å². The molecule has 1 aromatic carbocycles. The Morgan fingerprint density at radius 2 is 1.94 bits per heavy atom. The van der Waals surface area contributed by atoms with Gasteiger partial charge in [0.2, 0.25) is 0 Å². The van der Waals surface area contributed by atoms with Crippen molar-refractivity contribution in [3.8, 4) is 0 Å². The molecule has 0 radical (unpaired) electrons. The van der Waals surface area contributed by atoms with Crippen molar-refractivity contribution >= 4 is 5.69 Å². The first-order chi connectivity index (χ1) is 8.76. The average Bonchev–Trinajstić information content (AvgIpc) is 2.35. The zero-order chi connectivity index (χ0) is 13.0. The van der Waals surface area contributed by atoms with Crippen LogP contribution in [0.2, 0.25) is 0 Å². The second-order valence-electron chi connectivity index (χ2n) is 5.02. The van der Waals surface area contributed by atoms with Gasteiger partial charge in [-0.15, -0.1) is 0 Å². The lowest BCUT2D eigenvalue weighted by Gasteiger charge is -2.39. The van der Waals surface area contributed by atoms with Gasteiger partial charge in [0.15, 0.2) is 0 Å². The van der Waals surface area contributed by atoms with E-state index in [1.54, 1.807) is 0 Å². The molecule has 0 amide bonds. The van der Waals surface area contributed by atoms with Crippen LogP contribution in [0, 0.1) is 0 Å². The summed E-state index contributed by atoms with van der Waals surface area (Å²) in [7, 11) is 0. The Morgan fingerprint density at radius 3 is 2.39 bits per heavy atom. The Balaban J connectivity index is 2.10. The molecule has 1 saturated carbocycles. The summed E-state index contributed by atoms with van der Waals surface area (Å²) in [6.45, 7) is 2.86. The van der Waals surface area contributed by atoms with Crippen LogP contribution in [0.25, 0.3) is 0 Å². The van der Waals surface area contributed by atoms with Crippen molar-refractivity contribution in [2.45, 2.75) is 44.8 Å². The van der Waals surface area contributed by atoms with Crippen LogP contribution in [0.15, 0.2) is 24.3 Å². The molecule has 1 aliphatic rings. The third-order valence-electron chi connectivity index (χ3n) is 3.85. The van der Waals surface area contributed by atoms with Crippen LogP contribution in [0.5, 0.6) is 0 Å². The highest BCUT2D eigenvalue weighted by Crippen LogP contribution is 2.30. The summed E-state index contributed by atoms with van der Waals surface area (Å²) in [5.74, 6) is 0. The first-order valence-electron chi connectivity index (χ1n) is 6.91. The SMILES string of the molecule is CC[C@@H](O)c1ccc(N(CCO)C2CCC2)cc1. The fourth-order valence-corrected chi connectivity index (χ4v) is 2.45. The van der Waals surface area contributed by atoms with Gasteiger partial charge in [0, 0.05) is 18.3 Å². The molecule has 0 aliphatic heterocycles. The van der Waals surface area contributed by atoms with E-state index in [0.29, 0.717) is 12.6 Å². The van der Waals surface area contributed by atoms with Crippen molar-refractivity contribution < 1.29 is 10.2 Å². The van der Waals surface area contributed by atoms with Crippen LogP contribution >= 0.6 is 0 Å². The minimum atomic E-state index is -0.367. The maximum Gasteiger partial charge on any atom is 0.0787 e. The summed E-state index contributed by atoms with van der Waals surface area (Å²) < 4.78 is 0. The number of rotatable bonds is 6. The zero-order valence-electron chi connectivity index (χ0n) is 11.0. The van der Waals surface area contributed by atoms with Crippen molar-refractivity contribution in [3.63, 3.8) is 0 Å². The Morgan fingerprint density at radius 1 is 1.28 bits per heavy atom.